The quantitative estimate of drug-likeness (QED) is 0.121. The molecule has 0 saturated heterocycles. The summed E-state index contributed by atoms with van der Waals surface area (Å²) in [6, 6.07) is 0. The third-order valence-electron chi connectivity index (χ3n) is 8.73. The van der Waals surface area contributed by atoms with E-state index in [1.807, 2.05) is 0 Å². The van der Waals surface area contributed by atoms with Gasteiger partial charge >= 0.3 is 128 Å². The summed E-state index contributed by atoms with van der Waals surface area (Å²) in [5, 5.41) is 0. The van der Waals surface area contributed by atoms with Crippen molar-refractivity contribution in [2.75, 3.05) is 5.75 Å². The minimum Gasteiger partial charge on any atom is -0.793 e. The molecule has 0 unspecified atom stereocenters. The molecule has 0 atom stereocenters. The zero-order valence-corrected chi connectivity index (χ0v) is 25.7. The van der Waals surface area contributed by atoms with Crippen molar-refractivity contribution >= 4 is 32.4 Å². The topological polar surface area (TPSA) is 0 Å². The first kappa shape index (κ1) is 29.4. The monoisotopic (exact) mass is 570 g/mol. The van der Waals surface area contributed by atoms with Crippen LogP contribution < -0.4 is 0 Å². The van der Waals surface area contributed by atoms with Crippen LogP contribution in [0.1, 0.15) is 167 Å². The van der Waals surface area contributed by atoms with E-state index in [9.17, 15) is 0 Å². The molecule has 0 radical (unpaired) electrons. The summed E-state index contributed by atoms with van der Waals surface area (Å²) < 4.78 is 3.96. The predicted octanol–water partition coefficient (Wildman–Crippen LogP) is 10.9. The molecule has 0 amide bonds. The van der Waals surface area contributed by atoms with Crippen molar-refractivity contribution < 1.29 is 0 Å². The van der Waals surface area contributed by atoms with E-state index in [0.717, 1.165) is 5.75 Å². The van der Waals surface area contributed by atoms with Crippen molar-refractivity contribution in [2.24, 2.45) is 0 Å². The number of unbranched alkanes of at least 4 members (excludes halogenated alkanes) is 9. The van der Waals surface area contributed by atoms with Gasteiger partial charge in [0, 0.05) is 0 Å². The summed E-state index contributed by atoms with van der Waals surface area (Å²) in [7, 11) is 0. The maximum absolute atomic E-state index is 4.90. The Balaban J connectivity index is 0.000000247. The van der Waals surface area contributed by atoms with Crippen molar-refractivity contribution in [1.82, 2.24) is 0 Å². The molecular formula is C30H58SSn. The molecule has 3 aliphatic carbocycles. The Kier molecular flexibility index (Phi) is 18.7. The largest absolute Gasteiger partial charge is 0.793 e. The molecule has 0 aromatic heterocycles. The second-order valence-electron chi connectivity index (χ2n) is 11.4. The molecule has 0 spiro atoms. The number of hydrogen-bond acceptors (Lipinski definition) is 1. The summed E-state index contributed by atoms with van der Waals surface area (Å²) in [6.07, 6.45) is 38.3. The Morgan fingerprint density at radius 2 is 0.781 bits per heavy atom. The van der Waals surface area contributed by atoms with Crippen molar-refractivity contribution in [1.29, 1.82) is 0 Å². The Bertz CT molecular complexity index is 341. The van der Waals surface area contributed by atoms with Crippen LogP contribution in [0.15, 0.2) is 0 Å². The van der Waals surface area contributed by atoms with Crippen molar-refractivity contribution in [3.63, 3.8) is 0 Å². The minimum atomic E-state index is -1.15. The summed E-state index contributed by atoms with van der Waals surface area (Å²) in [4.78, 5) is 0. The Hall–Kier alpha value is 1.15. The molecule has 0 N–H and O–H groups in total. The molecular weight excluding hydrogens is 511 g/mol. The van der Waals surface area contributed by atoms with E-state index in [0.29, 0.717) is 0 Å². The van der Waals surface area contributed by atoms with E-state index >= 15 is 0 Å². The summed E-state index contributed by atoms with van der Waals surface area (Å²) in [5.41, 5.74) is 0. The standard InChI is InChI=1S/C12H26S.3C6H11.Sn/c1-2-3-4-5-6-7-8-9-10-11-12-13;3*1-2-4-6-5-3-1;/h13H,2-12H2,1H3;3*1H,2-6H2;/q;;;;+1/p-1. The molecule has 0 bridgehead atoms. The van der Waals surface area contributed by atoms with Gasteiger partial charge in [-0.15, -0.1) is 0 Å². The average molecular weight is 570 g/mol. The van der Waals surface area contributed by atoms with Crippen LogP contribution in [0.4, 0.5) is 0 Å². The van der Waals surface area contributed by atoms with Gasteiger partial charge in [-0.2, -0.15) is 5.75 Å². The van der Waals surface area contributed by atoms with Crippen LogP contribution in [-0.2, 0) is 12.6 Å². The maximum atomic E-state index is 4.90. The first-order valence-corrected chi connectivity index (χ1v) is 20.8. The van der Waals surface area contributed by atoms with Crippen molar-refractivity contribution in [2.45, 2.75) is 179 Å². The Morgan fingerprint density at radius 1 is 0.469 bits per heavy atom. The first-order chi connectivity index (χ1) is 15.9. The molecule has 2 heteroatoms. The third-order valence-corrected chi connectivity index (χ3v) is 22.0. The molecule has 32 heavy (non-hydrogen) atoms. The Labute approximate surface area is 216 Å². The summed E-state index contributed by atoms with van der Waals surface area (Å²) >= 11 is 3.75. The van der Waals surface area contributed by atoms with Gasteiger partial charge in [0.25, 0.3) is 0 Å². The fraction of sp³-hybridized carbons (Fsp3) is 1.00. The van der Waals surface area contributed by atoms with E-state index < -0.39 is 19.8 Å². The molecule has 0 aliphatic heterocycles. The van der Waals surface area contributed by atoms with Crippen LogP contribution in [0.3, 0.4) is 0 Å². The SMILES string of the molecule is C1CC[CH]([Sn+]([CH]2CCCCC2)[CH]2CCCCC2)CC1.CCCCCCCCCCCC[S-]. The van der Waals surface area contributed by atoms with Crippen molar-refractivity contribution in [3.05, 3.63) is 0 Å². The zero-order chi connectivity index (χ0) is 22.7. The normalized spacial score (nSPS) is 21.2. The van der Waals surface area contributed by atoms with Crippen LogP contribution in [0.5, 0.6) is 0 Å². The minimum absolute atomic E-state index is 0.955. The second-order valence-corrected chi connectivity index (χ2v) is 21.6. The molecule has 0 aromatic rings. The smallest absolute Gasteiger partial charge is 0.0533 e. The fourth-order valence-corrected chi connectivity index (χ4v) is 22.0. The number of hydrogen-bond donors (Lipinski definition) is 0. The second kappa shape index (κ2) is 20.4. The molecule has 0 nitrogen and oxygen atoms in total. The molecule has 3 saturated carbocycles. The third kappa shape index (κ3) is 12.7. The predicted molar refractivity (Wildman–Crippen MR) is 150 cm³/mol. The average Bonchev–Trinajstić information content (AvgIpc) is 2.86. The Morgan fingerprint density at radius 3 is 1.09 bits per heavy atom. The summed E-state index contributed by atoms with van der Waals surface area (Å²) in [5.74, 6) is 0.955. The van der Waals surface area contributed by atoms with Crippen LogP contribution in [0.25, 0.3) is 0 Å². The van der Waals surface area contributed by atoms with E-state index in [1.54, 1.807) is 96.3 Å². The van der Waals surface area contributed by atoms with Crippen molar-refractivity contribution in [3.8, 4) is 0 Å². The van der Waals surface area contributed by atoms with Gasteiger partial charge in [-0.05, 0) is 0 Å². The van der Waals surface area contributed by atoms with Gasteiger partial charge in [0.05, 0.1) is 0 Å². The maximum Gasteiger partial charge on any atom is -0.0533 e. The first-order valence-electron chi connectivity index (χ1n) is 15.3. The van der Waals surface area contributed by atoms with Crippen LogP contribution >= 0.6 is 0 Å². The fourth-order valence-electron chi connectivity index (χ4n) is 6.90. The molecule has 3 fully saturated rings. The molecule has 188 valence electrons. The molecule has 3 aliphatic rings. The van der Waals surface area contributed by atoms with Gasteiger partial charge in [-0.3, -0.25) is 0 Å². The van der Waals surface area contributed by atoms with Gasteiger partial charge in [-0.25, -0.2) is 0 Å². The molecule has 0 heterocycles. The van der Waals surface area contributed by atoms with E-state index in [2.05, 4.69) is 6.92 Å². The van der Waals surface area contributed by atoms with Gasteiger partial charge in [0.2, 0.25) is 0 Å². The van der Waals surface area contributed by atoms with Crippen LogP contribution in [0, 0.1) is 0 Å². The molecule has 0 aromatic carbocycles. The van der Waals surface area contributed by atoms with Crippen LogP contribution in [-0.4, -0.2) is 25.5 Å². The van der Waals surface area contributed by atoms with Gasteiger partial charge in [0.15, 0.2) is 0 Å². The zero-order valence-electron chi connectivity index (χ0n) is 22.0. The van der Waals surface area contributed by atoms with Crippen LogP contribution in [0.2, 0.25) is 11.8 Å². The van der Waals surface area contributed by atoms with E-state index in [-0.39, 0.29) is 0 Å². The van der Waals surface area contributed by atoms with Gasteiger partial charge in [-0.1, -0.05) is 71.1 Å². The van der Waals surface area contributed by atoms with Gasteiger partial charge < -0.3 is 12.6 Å². The van der Waals surface area contributed by atoms with E-state index in [4.69, 9.17) is 12.6 Å². The number of rotatable bonds is 13. The summed E-state index contributed by atoms with van der Waals surface area (Å²) in [6.45, 7) is 2.27. The van der Waals surface area contributed by atoms with E-state index in [1.165, 1.54) is 76.0 Å². The van der Waals surface area contributed by atoms with Gasteiger partial charge in [0.1, 0.15) is 0 Å². The molecule has 3 rings (SSSR count).